The van der Waals surface area contributed by atoms with Crippen LogP contribution in [0.1, 0.15) is 31.2 Å². The molecule has 0 radical (unpaired) electrons. The highest BCUT2D eigenvalue weighted by atomic mass is 79.9. The first-order valence-electron chi connectivity index (χ1n) is 6.77. The number of nitrogens with zero attached hydrogens (tertiary/aromatic N) is 2. The molecule has 1 saturated heterocycles. The van der Waals surface area contributed by atoms with Crippen LogP contribution in [0.5, 0.6) is 0 Å². The molecule has 2 atom stereocenters. The molecule has 102 valence electrons. The number of fused-ring (bicyclic) bond motifs is 3. The van der Waals surface area contributed by atoms with E-state index < -0.39 is 0 Å². The number of hydrogen-bond acceptors (Lipinski definition) is 3. The second-order valence-electron chi connectivity index (χ2n) is 5.05. The molecule has 1 fully saturated rings. The van der Waals surface area contributed by atoms with Crippen molar-refractivity contribution in [2.45, 2.75) is 25.7 Å². The van der Waals surface area contributed by atoms with Crippen LogP contribution in [0.2, 0.25) is 0 Å². The van der Waals surface area contributed by atoms with Gasteiger partial charge in [-0.2, -0.15) is 0 Å². The molecule has 2 aliphatic heterocycles. The van der Waals surface area contributed by atoms with Gasteiger partial charge in [-0.15, -0.1) is 0 Å². The number of amides is 1. The average Bonchev–Trinajstić information content (AvgIpc) is 2.66. The molecule has 1 aromatic heterocycles. The monoisotopic (exact) mass is 324 g/mol. The molecule has 0 aromatic carbocycles. The topological polar surface area (TPSA) is 42.4 Å². The number of halogens is 1. The van der Waals surface area contributed by atoms with Gasteiger partial charge in [0.2, 0.25) is 5.91 Å². The standard InChI is InChI=1S/C14H17BrN2O2/c1-2-17-13-12(7-9(15)8-16-13)10-3-5-19-6-4-11(10)14(17)18/h7-8,10-11H,2-6H2,1H3/t10?,11-/m0/s1. The van der Waals surface area contributed by atoms with E-state index in [1.165, 1.54) is 5.56 Å². The summed E-state index contributed by atoms with van der Waals surface area (Å²) in [6.07, 6.45) is 3.48. The number of ether oxygens (including phenoxy) is 1. The van der Waals surface area contributed by atoms with Crippen molar-refractivity contribution in [3.05, 3.63) is 22.3 Å². The minimum atomic E-state index is 0.0473. The number of aromatic nitrogens is 1. The van der Waals surface area contributed by atoms with Crippen molar-refractivity contribution < 1.29 is 9.53 Å². The van der Waals surface area contributed by atoms with Crippen LogP contribution in [-0.4, -0.2) is 30.6 Å². The normalized spacial score (nSPS) is 26.6. The van der Waals surface area contributed by atoms with Gasteiger partial charge in [0, 0.05) is 47.8 Å². The summed E-state index contributed by atoms with van der Waals surface area (Å²) in [5.74, 6) is 1.34. The quantitative estimate of drug-likeness (QED) is 0.797. The van der Waals surface area contributed by atoms with Gasteiger partial charge in [0.25, 0.3) is 0 Å². The van der Waals surface area contributed by atoms with E-state index in [0.717, 1.165) is 29.7 Å². The van der Waals surface area contributed by atoms with Crippen molar-refractivity contribution in [2.75, 3.05) is 24.7 Å². The van der Waals surface area contributed by atoms with E-state index in [9.17, 15) is 4.79 Å². The smallest absolute Gasteiger partial charge is 0.231 e. The zero-order valence-electron chi connectivity index (χ0n) is 10.9. The van der Waals surface area contributed by atoms with Gasteiger partial charge in [-0.3, -0.25) is 9.69 Å². The number of rotatable bonds is 1. The fourth-order valence-corrected chi connectivity index (χ4v) is 3.50. The summed E-state index contributed by atoms with van der Waals surface area (Å²) in [5, 5.41) is 0. The number of hydrogen-bond donors (Lipinski definition) is 0. The fourth-order valence-electron chi connectivity index (χ4n) is 3.15. The lowest BCUT2D eigenvalue weighted by Gasteiger charge is -2.37. The van der Waals surface area contributed by atoms with Gasteiger partial charge in [0.15, 0.2) is 0 Å². The van der Waals surface area contributed by atoms with Gasteiger partial charge in [-0.25, -0.2) is 4.98 Å². The zero-order chi connectivity index (χ0) is 13.4. The number of carbonyl (C=O) groups is 1. The van der Waals surface area contributed by atoms with Gasteiger partial charge in [0.05, 0.1) is 0 Å². The second-order valence-corrected chi connectivity index (χ2v) is 5.97. The van der Waals surface area contributed by atoms with Crippen LogP contribution in [-0.2, 0) is 9.53 Å². The third kappa shape index (κ3) is 2.19. The molecule has 1 aromatic rings. The summed E-state index contributed by atoms with van der Waals surface area (Å²) in [4.78, 5) is 18.9. The van der Waals surface area contributed by atoms with Gasteiger partial charge < -0.3 is 4.74 Å². The lowest BCUT2D eigenvalue weighted by atomic mass is 9.79. The van der Waals surface area contributed by atoms with Gasteiger partial charge >= 0.3 is 0 Å². The van der Waals surface area contributed by atoms with Crippen LogP contribution >= 0.6 is 15.9 Å². The SMILES string of the molecule is CCN1C(=O)[C@H]2CCOCCC2c2cc(Br)cnc21. The van der Waals surface area contributed by atoms with Crippen molar-refractivity contribution in [1.82, 2.24) is 4.98 Å². The van der Waals surface area contributed by atoms with Gasteiger partial charge in [0.1, 0.15) is 5.82 Å². The Kier molecular flexibility index (Phi) is 3.58. The van der Waals surface area contributed by atoms with Crippen molar-refractivity contribution in [3.63, 3.8) is 0 Å². The summed E-state index contributed by atoms with van der Waals surface area (Å²) >= 11 is 3.49. The average molecular weight is 325 g/mol. The molecular weight excluding hydrogens is 308 g/mol. The first-order chi connectivity index (χ1) is 9.22. The molecule has 19 heavy (non-hydrogen) atoms. The van der Waals surface area contributed by atoms with E-state index >= 15 is 0 Å². The largest absolute Gasteiger partial charge is 0.381 e. The Labute approximate surface area is 121 Å². The predicted octanol–water partition coefficient (Wildman–Crippen LogP) is 2.72. The molecule has 5 heteroatoms. The first kappa shape index (κ1) is 13.1. The van der Waals surface area contributed by atoms with E-state index in [1.807, 2.05) is 11.8 Å². The maximum atomic E-state index is 12.6. The Morgan fingerprint density at radius 3 is 2.89 bits per heavy atom. The molecule has 4 nitrogen and oxygen atoms in total. The van der Waals surface area contributed by atoms with Crippen molar-refractivity contribution in [3.8, 4) is 0 Å². The molecular formula is C14H17BrN2O2. The minimum Gasteiger partial charge on any atom is -0.381 e. The fraction of sp³-hybridized carbons (Fsp3) is 0.571. The van der Waals surface area contributed by atoms with Crippen LogP contribution in [0.25, 0.3) is 0 Å². The molecule has 3 heterocycles. The number of pyridine rings is 1. The molecule has 2 aliphatic rings. The Balaban J connectivity index is 2.11. The Morgan fingerprint density at radius 1 is 1.42 bits per heavy atom. The molecule has 1 amide bonds. The summed E-state index contributed by atoms with van der Waals surface area (Å²) < 4.78 is 6.52. The van der Waals surface area contributed by atoms with E-state index in [-0.39, 0.29) is 17.7 Å². The second kappa shape index (κ2) is 5.21. The molecule has 0 aliphatic carbocycles. The Morgan fingerprint density at radius 2 is 2.16 bits per heavy atom. The highest BCUT2D eigenvalue weighted by molar-refractivity contribution is 9.10. The first-order valence-corrected chi connectivity index (χ1v) is 7.56. The van der Waals surface area contributed by atoms with Crippen LogP contribution < -0.4 is 4.90 Å². The molecule has 1 unspecified atom stereocenters. The zero-order valence-corrected chi connectivity index (χ0v) is 12.5. The van der Waals surface area contributed by atoms with E-state index in [2.05, 4.69) is 27.0 Å². The Hall–Kier alpha value is -0.940. The lowest BCUT2D eigenvalue weighted by Crippen LogP contribution is -2.44. The molecule has 0 bridgehead atoms. The van der Waals surface area contributed by atoms with Crippen molar-refractivity contribution >= 4 is 27.7 Å². The minimum absolute atomic E-state index is 0.0473. The third-order valence-electron chi connectivity index (χ3n) is 4.05. The van der Waals surface area contributed by atoms with E-state index in [1.54, 1.807) is 6.20 Å². The van der Waals surface area contributed by atoms with Gasteiger partial charge in [-0.1, -0.05) is 0 Å². The van der Waals surface area contributed by atoms with Crippen LogP contribution in [0, 0.1) is 5.92 Å². The van der Waals surface area contributed by atoms with E-state index in [0.29, 0.717) is 13.2 Å². The Bertz CT molecular complexity index is 506. The molecule has 0 spiro atoms. The summed E-state index contributed by atoms with van der Waals surface area (Å²) in [6, 6.07) is 2.11. The number of carbonyl (C=O) groups excluding carboxylic acids is 1. The molecule has 3 rings (SSSR count). The van der Waals surface area contributed by atoms with E-state index in [4.69, 9.17) is 4.74 Å². The highest BCUT2D eigenvalue weighted by Crippen LogP contribution is 2.43. The van der Waals surface area contributed by atoms with Crippen LogP contribution in [0.4, 0.5) is 5.82 Å². The highest BCUT2D eigenvalue weighted by Gasteiger charge is 2.41. The van der Waals surface area contributed by atoms with Crippen LogP contribution in [0.3, 0.4) is 0 Å². The lowest BCUT2D eigenvalue weighted by molar-refractivity contribution is -0.123. The number of anilines is 1. The van der Waals surface area contributed by atoms with Crippen molar-refractivity contribution in [2.24, 2.45) is 5.92 Å². The molecule has 0 N–H and O–H groups in total. The summed E-state index contributed by atoms with van der Waals surface area (Å²) in [7, 11) is 0. The summed E-state index contributed by atoms with van der Waals surface area (Å²) in [5.41, 5.74) is 1.19. The van der Waals surface area contributed by atoms with Gasteiger partial charge in [-0.05, 0) is 41.8 Å². The maximum Gasteiger partial charge on any atom is 0.231 e. The molecule has 0 saturated carbocycles. The van der Waals surface area contributed by atoms with Crippen molar-refractivity contribution in [1.29, 1.82) is 0 Å². The maximum absolute atomic E-state index is 12.6. The third-order valence-corrected chi connectivity index (χ3v) is 4.48. The predicted molar refractivity (Wildman–Crippen MR) is 76.2 cm³/mol. The summed E-state index contributed by atoms with van der Waals surface area (Å²) in [6.45, 7) is 4.08. The van der Waals surface area contributed by atoms with Crippen LogP contribution in [0.15, 0.2) is 16.7 Å².